The average Bonchev–Trinajstić information content (AvgIpc) is 1.37. The molecule has 0 saturated heterocycles. The molecule has 0 N–H and O–H groups in total. The van der Waals surface area contributed by atoms with Crippen molar-refractivity contribution in [2.75, 3.05) is 0 Å². The Kier molecular flexibility index (Phi) is 3.36. The van der Waals surface area contributed by atoms with Gasteiger partial charge in [-0.1, -0.05) is 0 Å². The van der Waals surface area contributed by atoms with Crippen LogP contribution in [0.15, 0.2) is 0 Å². The van der Waals surface area contributed by atoms with Crippen LogP contribution in [0.25, 0.3) is 0 Å². The van der Waals surface area contributed by atoms with E-state index in [2.05, 4.69) is 3.07 Å². The molecule has 0 aromatic heterocycles. The zero-order chi connectivity index (χ0) is 3.41. The molecule has 0 saturated carbocycles. The monoisotopic (exact) mass is 172 g/mol. The molecule has 0 radical (unpaired) electrons. The van der Waals surface area contributed by atoms with Gasteiger partial charge in [-0.05, 0) is 0 Å². The zero-order valence-corrected chi connectivity index (χ0v) is 3.93. The smallest absolute Gasteiger partial charge is 0.302 e. The molecule has 3 heteroatoms. The van der Waals surface area contributed by atoms with Gasteiger partial charge in [-0.3, -0.25) is 4.79 Å². The lowest BCUT2D eigenvalue weighted by atomic mass is 11.7. The Labute approximate surface area is 37.8 Å². The summed E-state index contributed by atoms with van der Waals surface area (Å²) >= 11 is 1.48. The SMILES string of the molecule is O=COI. The molecule has 0 atom stereocenters. The van der Waals surface area contributed by atoms with Crippen LogP contribution in [0.4, 0.5) is 0 Å². The maximum absolute atomic E-state index is 8.94. The van der Waals surface area contributed by atoms with Crippen molar-refractivity contribution in [3.05, 3.63) is 0 Å². The molecule has 0 bridgehead atoms. The fraction of sp³-hybridized carbons (Fsp3) is 0. The van der Waals surface area contributed by atoms with Gasteiger partial charge in [-0.2, -0.15) is 0 Å². The van der Waals surface area contributed by atoms with Gasteiger partial charge in [0.25, 0.3) is 0 Å². The molecule has 24 valence electrons. The number of carbonyl (C=O) groups excluding carboxylic acids is 1. The minimum atomic E-state index is 0.362. The molecule has 0 aromatic rings. The van der Waals surface area contributed by atoms with Gasteiger partial charge in [0, 0.05) is 0 Å². The Morgan fingerprint density at radius 3 is 2.25 bits per heavy atom. The minimum absolute atomic E-state index is 0.362. The number of hydrogen-bond acceptors (Lipinski definition) is 2. The van der Waals surface area contributed by atoms with Crippen LogP contribution >= 0.6 is 23.0 Å². The molecule has 0 aromatic carbocycles. The van der Waals surface area contributed by atoms with E-state index in [0.717, 1.165) is 0 Å². The summed E-state index contributed by atoms with van der Waals surface area (Å²) in [5.41, 5.74) is 0. The highest BCUT2D eigenvalue weighted by Gasteiger charge is 1.49. The molecule has 0 spiro atoms. The van der Waals surface area contributed by atoms with Gasteiger partial charge < -0.3 is 3.07 Å². The van der Waals surface area contributed by atoms with Crippen molar-refractivity contribution >= 4 is 29.5 Å². The highest BCUT2D eigenvalue weighted by atomic mass is 127. The molecular formula is CHIO2. The highest BCUT2D eigenvalue weighted by molar-refractivity contribution is 14.1. The summed E-state index contributed by atoms with van der Waals surface area (Å²) in [5.74, 6) is 0. The topological polar surface area (TPSA) is 26.3 Å². The third-order valence-corrected chi connectivity index (χ3v) is 0.244. The normalized spacial score (nSPS) is 5.25. The van der Waals surface area contributed by atoms with Crippen molar-refractivity contribution < 1.29 is 7.86 Å². The number of rotatable bonds is 1. The second kappa shape index (κ2) is 3.20. The first-order chi connectivity index (χ1) is 1.91. The number of hydrogen-bond donors (Lipinski definition) is 0. The summed E-state index contributed by atoms with van der Waals surface area (Å²) in [6.07, 6.45) is 0. The maximum atomic E-state index is 8.94. The van der Waals surface area contributed by atoms with Gasteiger partial charge >= 0.3 is 6.47 Å². The fourth-order valence-corrected chi connectivity index (χ4v) is 0. The van der Waals surface area contributed by atoms with Gasteiger partial charge in [0.15, 0.2) is 23.0 Å². The Balaban J connectivity index is 2.30. The van der Waals surface area contributed by atoms with E-state index < -0.39 is 0 Å². The molecule has 0 heterocycles. The number of halogens is 1. The summed E-state index contributed by atoms with van der Waals surface area (Å²) in [6.45, 7) is 0.362. The minimum Gasteiger partial charge on any atom is -0.397 e. The predicted molar refractivity (Wildman–Crippen MR) is 21.2 cm³/mol. The van der Waals surface area contributed by atoms with Crippen LogP contribution < -0.4 is 0 Å². The van der Waals surface area contributed by atoms with Gasteiger partial charge in [0.2, 0.25) is 0 Å². The summed E-state index contributed by atoms with van der Waals surface area (Å²) in [6, 6.07) is 0. The first-order valence-corrected chi connectivity index (χ1v) is 1.51. The summed E-state index contributed by atoms with van der Waals surface area (Å²) < 4.78 is 3.83. The standard InChI is InChI=1S/CHIO2/c2-4-1-3/h1H. The molecule has 0 fully saturated rings. The van der Waals surface area contributed by atoms with E-state index >= 15 is 0 Å². The Morgan fingerprint density at radius 2 is 2.25 bits per heavy atom. The van der Waals surface area contributed by atoms with E-state index in [4.69, 9.17) is 4.79 Å². The fourth-order valence-electron chi connectivity index (χ4n) is 0. The summed E-state index contributed by atoms with van der Waals surface area (Å²) in [5, 5.41) is 0. The molecular weight excluding hydrogens is 171 g/mol. The molecule has 4 heavy (non-hydrogen) atoms. The van der Waals surface area contributed by atoms with Crippen LogP contribution in [0.5, 0.6) is 0 Å². The van der Waals surface area contributed by atoms with Gasteiger partial charge in [0.1, 0.15) is 0 Å². The zero-order valence-electron chi connectivity index (χ0n) is 1.77. The van der Waals surface area contributed by atoms with Gasteiger partial charge in [0.05, 0.1) is 0 Å². The lowest BCUT2D eigenvalue weighted by molar-refractivity contribution is -0.118. The second-order valence-electron chi connectivity index (χ2n) is 0.185. The molecule has 0 aliphatic rings. The molecule has 0 amide bonds. The van der Waals surface area contributed by atoms with Crippen molar-refractivity contribution in [1.29, 1.82) is 0 Å². The van der Waals surface area contributed by atoms with E-state index in [1.807, 2.05) is 0 Å². The summed E-state index contributed by atoms with van der Waals surface area (Å²) in [4.78, 5) is 8.94. The first kappa shape index (κ1) is 4.20. The van der Waals surface area contributed by atoms with E-state index in [1.165, 1.54) is 23.0 Å². The third kappa shape index (κ3) is 2.20. The first-order valence-electron chi connectivity index (χ1n) is 0.626. The van der Waals surface area contributed by atoms with E-state index in [-0.39, 0.29) is 0 Å². The largest absolute Gasteiger partial charge is 0.397 e. The predicted octanol–water partition coefficient (Wildman–Crippen LogP) is 0.509. The maximum Gasteiger partial charge on any atom is 0.302 e. The van der Waals surface area contributed by atoms with Gasteiger partial charge in [-0.15, -0.1) is 0 Å². The van der Waals surface area contributed by atoms with E-state index in [1.54, 1.807) is 0 Å². The number of carbonyl (C=O) groups is 1. The van der Waals surface area contributed by atoms with Crippen LogP contribution in [0.3, 0.4) is 0 Å². The Hall–Kier alpha value is 0.200. The van der Waals surface area contributed by atoms with E-state index in [9.17, 15) is 0 Å². The third-order valence-electron chi connectivity index (χ3n) is 0.0364. The Bertz CT molecular complexity index is 20.0. The van der Waals surface area contributed by atoms with Crippen molar-refractivity contribution in [2.24, 2.45) is 0 Å². The molecule has 0 rings (SSSR count). The van der Waals surface area contributed by atoms with Crippen LogP contribution in [0.1, 0.15) is 0 Å². The van der Waals surface area contributed by atoms with Crippen LogP contribution in [-0.2, 0) is 7.86 Å². The van der Waals surface area contributed by atoms with Crippen molar-refractivity contribution in [3.8, 4) is 0 Å². The van der Waals surface area contributed by atoms with Gasteiger partial charge in [-0.25, -0.2) is 0 Å². The van der Waals surface area contributed by atoms with Crippen LogP contribution in [0, 0.1) is 0 Å². The van der Waals surface area contributed by atoms with E-state index in [0.29, 0.717) is 6.47 Å². The van der Waals surface area contributed by atoms with Crippen molar-refractivity contribution in [2.45, 2.75) is 0 Å². The molecule has 0 aliphatic heterocycles. The molecule has 0 aliphatic carbocycles. The lowest BCUT2D eigenvalue weighted by Crippen LogP contribution is -1.56. The quantitative estimate of drug-likeness (QED) is 0.425. The highest BCUT2D eigenvalue weighted by Crippen LogP contribution is 1.72. The van der Waals surface area contributed by atoms with Crippen LogP contribution in [0.2, 0.25) is 0 Å². The molecule has 0 unspecified atom stereocenters. The lowest BCUT2D eigenvalue weighted by Gasteiger charge is -1.60. The van der Waals surface area contributed by atoms with Crippen molar-refractivity contribution in [3.63, 3.8) is 0 Å². The van der Waals surface area contributed by atoms with Crippen LogP contribution in [-0.4, -0.2) is 6.47 Å². The average molecular weight is 172 g/mol. The second-order valence-corrected chi connectivity index (χ2v) is 0.694. The Morgan fingerprint density at radius 1 is 2.00 bits per heavy atom. The molecule has 2 nitrogen and oxygen atoms in total. The summed E-state index contributed by atoms with van der Waals surface area (Å²) in [7, 11) is 0. The van der Waals surface area contributed by atoms with Crippen molar-refractivity contribution in [1.82, 2.24) is 0 Å².